The van der Waals surface area contributed by atoms with E-state index in [2.05, 4.69) is 58.6 Å². The third kappa shape index (κ3) is 2.44. The van der Waals surface area contributed by atoms with Crippen LogP contribution in [0.15, 0.2) is 53.7 Å². The molecule has 0 saturated carbocycles. The van der Waals surface area contributed by atoms with Crippen molar-refractivity contribution in [1.82, 2.24) is 28.3 Å². The molecule has 0 amide bonds. The Bertz CT molecular complexity index is 1350. The lowest BCUT2D eigenvalue weighted by atomic mass is 10.3. The third-order valence-corrected chi connectivity index (χ3v) is 6.40. The SMILES string of the molecule is Cn1c(=S)n(CCSc2nnc3n(C)c4ccccc4n23)c2ccccc21. The summed E-state index contributed by atoms with van der Waals surface area (Å²) in [6.07, 6.45) is 0. The van der Waals surface area contributed by atoms with Gasteiger partial charge in [0.15, 0.2) is 9.93 Å². The molecule has 136 valence electrons. The van der Waals surface area contributed by atoms with Crippen LogP contribution in [-0.4, -0.2) is 34.1 Å². The van der Waals surface area contributed by atoms with E-state index < -0.39 is 0 Å². The number of nitrogens with zero attached hydrogens (tertiary/aromatic N) is 6. The first-order chi connectivity index (χ1) is 13.2. The number of hydrogen-bond donors (Lipinski definition) is 0. The van der Waals surface area contributed by atoms with Gasteiger partial charge in [-0.1, -0.05) is 36.0 Å². The van der Waals surface area contributed by atoms with Crippen LogP contribution in [-0.2, 0) is 20.6 Å². The topological polar surface area (TPSA) is 45.0 Å². The number of aryl methyl sites for hydroxylation is 3. The van der Waals surface area contributed by atoms with Crippen LogP contribution in [0.2, 0.25) is 0 Å². The molecule has 0 saturated heterocycles. The van der Waals surface area contributed by atoms with Gasteiger partial charge in [0.25, 0.3) is 0 Å². The van der Waals surface area contributed by atoms with Gasteiger partial charge in [0, 0.05) is 26.4 Å². The van der Waals surface area contributed by atoms with Crippen LogP contribution in [0, 0.1) is 4.77 Å². The van der Waals surface area contributed by atoms with Gasteiger partial charge in [-0.25, -0.2) is 0 Å². The van der Waals surface area contributed by atoms with Gasteiger partial charge < -0.3 is 13.7 Å². The number of aromatic nitrogens is 6. The molecule has 0 aliphatic heterocycles. The summed E-state index contributed by atoms with van der Waals surface area (Å²) in [5.41, 5.74) is 4.61. The minimum absolute atomic E-state index is 0.824. The molecule has 0 unspecified atom stereocenters. The second-order valence-electron chi connectivity index (χ2n) is 6.50. The van der Waals surface area contributed by atoms with Gasteiger partial charge in [0.2, 0.25) is 5.78 Å². The lowest BCUT2D eigenvalue weighted by Gasteiger charge is -2.04. The van der Waals surface area contributed by atoms with E-state index in [1.165, 1.54) is 5.52 Å². The molecule has 2 aromatic carbocycles. The molecule has 3 aromatic heterocycles. The first-order valence-corrected chi connectivity index (χ1v) is 10.1. The predicted octanol–water partition coefficient (Wildman–Crippen LogP) is 4.04. The van der Waals surface area contributed by atoms with E-state index in [0.29, 0.717) is 0 Å². The minimum atomic E-state index is 0.824. The van der Waals surface area contributed by atoms with Crippen LogP contribution in [0.5, 0.6) is 0 Å². The predicted molar refractivity (Wildman–Crippen MR) is 112 cm³/mol. The summed E-state index contributed by atoms with van der Waals surface area (Å²) < 4.78 is 9.30. The Balaban J connectivity index is 1.47. The summed E-state index contributed by atoms with van der Waals surface area (Å²) in [5, 5.41) is 9.69. The Morgan fingerprint density at radius 2 is 1.48 bits per heavy atom. The van der Waals surface area contributed by atoms with Crippen LogP contribution in [0.1, 0.15) is 0 Å². The number of benzene rings is 2. The highest BCUT2D eigenvalue weighted by Crippen LogP contribution is 2.25. The maximum atomic E-state index is 5.63. The molecule has 5 aromatic rings. The van der Waals surface area contributed by atoms with Crippen molar-refractivity contribution < 1.29 is 0 Å². The monoisotopic (exact) mass is 394 g/mol. The van der Waals surface area contributed by atoms with E-state index in [-0.39, 0.29) is 0 Å². The van der Waals surface area contributed by atoms with E-state index >= 15 is 0 Å². The lowest BCUT2D eigenvalue weighted by molar-refractivity contribution is 0.745. The number of imidazole rings is 2. The van der Waals surface area contributed by atoms with E-state index in [0.717, 1.165) is 44.6 Å². The zero-order valence-electron chi connectivity index (χ0n) is 15.0. The Morgan fingerprint density at radius 3 is 2.22 bits per heavy atom. The molecule has 27 heavy (non-hydrogen) atoms. The van der Waals surface area contributed by atoms with Gasteiger partial charge in [-0.15, -0.1) is 10.2 Å². The molecule has 0 aliphatic rings. The maximum Gasteiger partial charge on any atom is 0.236 e. The Hall–Kier alpha value is -2.58. The molecule has 0 aliphatic carbocycles. The highest BCUT2D eigenvalue weighted by molar-refractivity contribution is 7.99. The van der Waals surface area contributed by atoms with Gasteiger partial charge in [-0.05, 0) is 36.5 Å². The summed E-state index contributed by atoms with van der Waals surface area (Å²) in [6.45, 7) is 0.824. The quantitative estimate of drug-likeness (QED) is 0.341. The van der Waals surface area contributed by atoms with Crippen molar-refractivity contribution in [3.8, 4) is 0 Å². The third-order valence-electron chi connectivity index (χ3n) is 5.00. The van der Waals surface area contributed by atoms with Crippen molar-refractivity contribution in [2.45, 2.75) is 11.7 Å². The average molecular weight is 395 g/mol. The Labute approximate surface area is 165 Å². The summed E-state index contributed by atoms with van der Waals surface area (Å²) in [6, 6.07) is 16.6. The van der Waals surface area contributed by atoms with Crippen LogP contribution < -0.4 is 0 Å². The molecule has 8 heteroatoms. The summed E-state index contributed by atoms with van der Waals surface area (Å²) in [7, 11) is 4.04. The zero-order chi connectivity index (χ0) is 18.5. The minimum Gasteiger partial charge on any atom is -0.320 e. The van der Waals surface area contributed by atoms with Crippen LogP contribution >= 0.6 is 24.0 Å². The highest BCUT2D eigenvalue weighted by Gasteiger charge is 2.15. The first kappa shape index (κ1) is 16.6. The van der Waals surface area contributed by atoms with Gasteiger partial charge >= 0.3 is 0 Å². The van der Waals surface area contributed by atoms with E-state index in [1.54, 1.807) is 11.8 Å². The largest absolute Gasteiger partial charge is 0.320 e. The van der Waals surface area contributed by atoms with Crippen molar-refractivity contribution >= 4 is 51.8 Å². The van der Waals surface area contributed by atoms with E-state index in [9.17, 15) is 0 Å². The second-order valence-corrected chi connectivity index (χ2v) is 7.92. The normalized spacial score (nSPS) is 11.9. The maximum absolute atomic E-state index is 5.63. The van der Waals surface area contributed by atoms with Crippen LogP contribution in [0.4, 0.5) is 0 Å². The van der Waals surface area contributed by atoms with Crippen molar-refractivity contribution in [3.63, 3.8) is 0 Å². The van der Waals surface area contributed by atoms with Gasteiger partial charge in [-0.3, -0.25) is 4.40 Å². The lowest BCUT2D eigenvalue weighted by Crippen LogP contribution is -2.02. The zero-order valence-corrected chi connectivity index (χ0v) is 16.7. The van der Waals surface area contributed by atoms with Crippen LogP contribution in [0.3, 0.4) is 0 Å². The molecule has 0 fully saturated rings. The van der Waals surface area contributed by atoms with E-state index in [1.807, 2.05) is 32.3 Å². The van der Waals surface area contributed by atoms with Crippen molar-refractivity contribution in [1.29, 1.82) is 0 Å². The first-order valence-electron chi connectivity index (χ1n) is 8.72. The summed E-state index contributed by atoms with van der Waals surface area (Å²) in [4.78, 5) is 0. The molecular weight excluding hydrogens is 376 g/mol. The van der Waals surface area contributed by atoms with Gasteiger partial charge in [0.1, 0.15) is 0 Å². The molecule has 0 atom stereocenters. The van der Waals surface area contributed by atoms with E-state index in [4.69, 9.17) is 12.2 Å². The number of thioether (sulfide) groups is 1. The fourth-order valence-corrected chi connectivity index (χ4v) is 4.79. The molecule has 0 N–H and O–H groups in total. The van der Waals surface area contributed by atoms with Crippen molar-refractivity contribution in [2.24, 2.45) is 14.1 Å². The number of fused-ring (bicyclic) bond motifs is 4. The second kappa shape index (κ2) is 6.24. The van der Waals surface area contributed by atoms with Crippen LogP contribution in [0.25, 0.3) is 27.8 Å². The Morgan fingerprint density at radius 1 is 0.852 bits per heavy atom. The van der Waals surface area contributed by atoms with Gasteiger partial charge in [0.05, 0.1) is 22.1 Å². The molecule has 6 nitrogen and oxygen atoms in total. The molecule has 3 heterocycles. The smallest absolute Gasteiger partial charge is 0.236 e. The molecule has 5 rings (SSSR count). The standard InChI is InChI=1S/C19H18N6S2/c1-22-14-8-4-6-10-16(14)25-17(22)20-21-18(25)27-12-11-24-15-9-5-3-7-13(15)23(2)19(24)26/h3-10H,11-12H2,1-2H3. The molecule has 0 radical (unpaired) electrons. The number of para-hydroxylation sites is 4. The average Bonchev–Trinajstić information content (AvgIpc) is 3.31. The molecule has 0 bridgehead atoms. The fourth-order valence-electron chi connectivity index (χ4n) is 3.64. The Kier molecular flexibility index (Phi) is 3.84. The van der Waals surface area contributed by atoms with Crippen molar-refractivity contribution in [2.75, 3.05) is 5.75 Å². The van der Waals surface area contributed by atoms with Crippen molar-refractivity contribution in [3.05, 3.63) is 53.3 Å². The highest BCUT2D eigenvalue weighted by atomic mass is 32.2. The summed E-state index contributed by atoms with van der Waals surface area (Å²) in [5.74, 6) is 1.73. The summed E-state index contributed by atoms with van der Waals surface area (Å²) >= 11 is 7.34. The fraction of sp³-hybridized carbons (Fsp3) is 0.211. The molecular formula is C19H18N6S2. The molecule has 0 spiro atoms. The number of rotatable bonds is 4. The number of hydrogen-bond acceptors (Lipinski definition) is 4. The van der Waals surface area contributed by atoms with Gasteiger partial charge in [-0.2, -0.15) is 0 Å².